The summed E-state index contributed by atoms with van der Waals surface area (Å²) < 4.78 is 2.02. The van der Waals surface area contributed by atoms with Gasteiger partial charge in [0.2, 0.25) is 0 Å². The summed E-state index contributed by atoms with van der Waals surface area (Å²) in [5, 5.41) is 5.55. The van der Waals surface area contributed by atoms with Crippen molar-refractivity contribution in [2.75, 3.05) is 13.1 Å². The zero-order valence-electron chi connectivity index (χ0n) is 15.9. The van der Waals surface area contributed by atoms with E-state index in [2.05, 4.69) is 28.1 Å². The lowest BCUT2D eigenvalue weighted by atomic mass is 9.94. The molecule has 0 bridgehead atoms. The van der Waals surface area contributed by atoms with Gasteiger partial charge in [-0.05, 0) is 57.0 Å². The van der Waals surface area contributed by atoms with Crippen LogP contribution in [0.25, 0.3) is 5.65 Å². The highest BCUT2D eigenvalue weighted by atomic mass is 35.5. The Labute approximate surface area is 165 Å². The number of aromatic nitrogens is 3. The first-order valence-corrected chi connectivity index (χ1v) is 9.97. The topological polar surface area (TPSA) is 59.5 Å². The molecule has 4 rings (SSSR count). The Hall–Kier alpha value is -1.95. The largest absolute Gasteiger partial charge is 0.324 e. The van der Waals surface area contributed by atoms with Crippen LogP contribution in [0.15, 0.2) is 36.5 Å². The van der Waals surface area contributed by atoms with Crippen LogP contribution in [0, 0.1) is 6.92 Å². The van der Waals surface area contributed by atoms with E-state index in [0.29, 0.717) is 5.92 Å². The summed E-state index contributed by atoms with van der Waals surface area (Å²) in [4.78, 5) is 7.09. The van der Waals surface area contributed by atoms with Crippen LogP contribution >= 0.6 is 11.6 Å². The SMILES string of the molecule is Cc1nn2c(C3CCCN(Cc4ccc(Cl)cc4)C3)ccnc2c1C(C)N. The van der Waals surface area contributed by atoms with Crippen LogP contribution in [0.4, 0.5) is 0 Å². The van der Waals surface area contributed by atoms with Crippen molar-refractivity contribution in [3.63, 3.8) is 0 Å². The average molecular weight is 384 g/mol. The lowest BCUT2D eigenvalue weighted by molar-refractivity contribution is 0.197. The van der Waals surface area contributed by atoms with Crippen molar-refractivity contribution in [1.82, 2.24) is 19.5 Å². The molecular formula is C21H26ClN5. The molecule has 27 heavy (non-hydrogen) atoms. The van der Waals surface area contributed by atoms with Crippen molar-refractivity contribution in [2.24, 2.45) is 5.73 Å². The molecule has 0 aliphatic carbocycles. The molecule has 0 radical (unpaired) electrons. The summed E-state index contributed by atoms with van der Waals surface area (Å²) >= 11 is 6.01. The third-order valence-electron chi connectivity index (χ3n) is 5.47. The highest BCUT2D eigenvalue weighted by Gasteiger charge is 2.25. The standard InChI is InChI=1S/C21H26ClN5/c1-14(23)20-15(2)25-27-19(9-10-24-21(20)27)17-4-3-11-26(13-17)12-16-5-7-18(22)8-6-16/h5-10,14,17H,3-4,11-13,23H2,1-2H3. The predicted molar refractivity (Wildman–Crippen MR) is 109 cm³/mol. The normalized spacial score (nSPS) is 19.5. The Morgan fingerprint density at radius 2 is 2.04 bits per heavy atom. The maximum absolute atomic E-state index is 6.16. The Bertz CT molecular complexity index is 932. The number of nitrogens with two attached hydrogens (primary N) is 1. The number of likely N-dealkylation sites (tertiary alicyclic amines) is 1. The smallest absolute Gasteiger partial charge is 0.160 e. The van der Waals surface area contributed by atoms with E-state index < -0.39 is 0 Å². The molecule has 1 aliphatic rings. The van der Waals surface area contributed by atoms with E-state index in [1.807, 2.05) is 36.7 Å². The summed E-state index contributed by atoms with van der Waals surface area (Å²) in [7, 11) is 0. The summed E-state index contributed by atoms with van der Waals surface area (Å²) in [6.45, 7) is 7.10. The molecule has 5 nitrogen and oxygen atoms in total. The lowest BCUT2D eigenvalue weighted by Gasteiger charge is -2.33. The summed E-state index contributed by atoms with van der Waals surface area (Å²) in [5.74, 6) is 0.441. The molecule has 1 fully saturated rings. The van der Waals surface area contributed by atoms with Gasteiger partial charge in [-0.1, -0.05) is 23.7 Å². The maximum atomic E-state index is 6.16. The van der Waals surface area contributed by atoms with E-state index in [1.165, 1.54) is 24.1 Å². The van der Waals surface area contributed by atoms with Gasteiger partial charge in [-0.2, -0.15) is 5.10 Å². The van der Waals surface area contributed by atoms with Gasteiger partial charge in [0.25, 0.3) is 0 Å². The van der Waals surface area contributed by atoms with Gasteiger partial charge < -0.3 is 5.73 Å². The highest BCUT2D eigenvalue weighted by molar-refractivity contribution is 6.30. The quantitative estimate of drug-likeness (QED) is 0.737. The van der Waals surface area contributed by atoms with Crippen molar-refractivity contribution in [3.8, 4) is 0 Å². The molecule has 3 aromatic rings. The van der Waals surface area contributed by atoms with E-state index in [9.17, 15) is 0 Å². The van der Waals surface area contributed by atoms with Crippen LogP contribution < -0.4 is 5.73 Å². The Balaban J connectivity index is 1.59. The summed E-state index contributed by atoms with van der Waals surface area (Å²) in [6.07, 6.45) is 4.25. The minimum absolute atomic E-state index is 0.0713. The molecule has 2 atom stereocenters. The Morgan fingerprint density at radius 1 is 1.26 bits per heavy atom. The number of hydrogen-bond donors (Lipinski definition) is 1. The Morgan fingerprint density at radius 3 is 2.78 bits per heavy atom. The molecule has 142 valence electrons. The molecule has 1 aliphatic heterocycles. The van der Waals surface area contributed by atoms with Crippen molar-refractivity contribution < 1.29 is 0 Å². The van der Waals surface area contributed by atoms with Crippen LogP contribution in [0.3, 0.4) is 0 Å². The van der Waals surface area contributed by atoms with E-state index in [-0.39, 0.29) is 6.04 Å². The number of rotatable bonds is 4. The molecule has 0 spiro atoms. The van der Waals surface area contributed by atoms with Gasteiger partial charge in [0.1, 0.15) is 0 Å². The number of piperidine rings is 1. The molecule has 2 unspecified atom stereocenters. The summed E-state index contributed by atoms with van der Waals surface area (Å²) in [6, 6.07) is 10.2. The monoisotopic (exact) mass is 383 g/mol. The van der Waals surface area contributed by atoms with Gasteiger partial charge in [0.15, 0.2) is 5.65 Å². The van der Waals surface area contributed by atoms with Crippen LogP contribution in [0.1, 0.15) is 54.2 Å². The van der Waals surface area contributed by atoms with Gasteiger partial charge in [-0.15, -0.1) is 0 Å². The van der Waals surface area contributed by atoms with Gasteiger partial charge in [0, 0.05) is 41.8 Å². The number of halogens is 1. The molecule has 6 heteroatoms. The molecule has 1 saturated heterocycles. The minimum atomic E-state index is -0.0713. The number of aryl methyl sites for hydroxylation is 1. The van der Waals surface area contributed by atoms with Gasteiger partial charge in [-0.3, -0.25) is 4.90 Å². The first-order chi connectivity index (χ1) is 13.0. The first kappa shape index (κ1) is 18.4. The van der Waals surface area contributed by atoms with E-state index in [0.717, 1.165) is 41.6 Å². The predicted octanol–water partition coefficient (Wildman–Crippen LogP) is 4.09. The number of fused-ring (bicyclic) bond motifs is 1. The van der Waals surface area contributed by atoms with Gasteiger partial charge in [0.05, 0.1) is 11.4 Å². The first-order valence-electron chi connectivity index (χ1n) is 9.59. The summed E-state index contributed by atoms with van der Waals surface area (Å²) in [5.41, 5.74) is 11.6. The fourth-order valence-electron chi connectivity index (χ4n) is 4.22. The number of hydrogen-bond acceptors (Lipinski definition) is 4. The van der Waals surface area contributed by atoms with Gasteiger partial charge >= 0.3 is 0 Å². The second kappa shape index (κ2) is 7.58. The molecular weight excluding hydrogens is 358 g/mol. The molecule has 2 aromatic heterocycles. The molecule has 3 heterocycles. The molecule has 0 amide bonds. The Kier molecular flexibility index (Phi) is 5.17. The fraction of sp³-hybridized carbons (Fsp3) is 0.429. The van der Waals surface area contributed by atoms with Crippen LogP contribution in [-0.2, 0) is 6.54 Å². The van der Waals surface area contributed by atoms with Crippen LogP contribution in [-0.4, -0.2) is 32.6 Å². The maximum Gasteiger partial charge on any atom is 0.160 e. The second-order valence-corrected chi connectivity index (χ2v) is 8.03. The third-order valence-corrected chi connectivity index (χ3v) is 5.72. The number of benzene rings is 1. The fourth-order valence-corrected chi connectivity index (χ4v) is 4.34. The molecule has 0 saturated carbocycles. The average Bonchev–Trinajstić information content (AvgIpc) is 3.00. The van der Waals surface area contributed by atoms with Gasteiger partial charge in [-0.25, -0.2) is 9.50 Å². The lowest BCUT2D eigenvalue weighted by Crippen LogP contribution is -2.34. The van der Waals surface area contributed by atoms with E-state index in [1.54, 1.807) is 0 Å². The van der Waals surface area contributed by atoms with Crippen molar-refractivity contribution in [3.05, 3.63) is 64.1 Å². The molecule has 2 N–H and O–H groups in total. The highest BCUT2D eigenvalue weighted by Crippen LogP contribution is 2.30. The van der Waals surface area contributed by atoms with Crippen LogP contribution in [0.5, 0.6) is 0 Å². The van der Waals surface area contributed by atoms with Crippen molar-refractivity contribution in [1.29, 1.82) is 0 Å². The third kappa shape index (κ3) is 3.72. The van der Waals surface area contributed by atoms with Crippen molar-refractivity contribution >= 4 is 17.2 Å². The van der Waals surface area contributed by atoms with Crippen molar-refractivity contribution in [2.45, 2.75) is 45.2 Å². The minimum Gasteiger partial charge on any atom is -0.324 e. The zero-order chi connectivity index (χ0) is 19.0. The number of nitrogens with zero attached hydrogens (tertiary/aromatic N) is 4. The van der Waals surface area contributed by atoms with E-state index >= 15 is 0 Å². The van der Waals surface area contributed by atoms with E-state index in [4.69, 9.17) is 22.4 Å². The molecule has 1 aromatic carbocycles. The van der Waals surface area contributed by atoms with Crippen LogP contribution in [0.2, 0.25) is 5.02 Å². The second-order valence-electron chi connectivity index (χ2n) is 7.59. The zero-order valence-corrected chi connectivity index (χ0v) is 16.7.